The first-order chi connectivity index (χ1) is 6.16. The zero-order valence-corrected chi connectivity index (χ0v) is 9.29. The van der Waals surface area contributed by atoms with Gasteiger partial charge in [0, 0.05) is 31.2 Å². The van der Waals surface area contributed by atoms with Gasteiger partial charge in [0.2, 0.25) is 0 Å². The number of hydrogen-bond acceptors (Lipinski definition) is 3. The van der Waals surface area contributed by atoms with Crippen molar-refractivity contribution < 1.29 is 4.79 Å². The van der Waals surface area contributed by atoms with Crippen LogP contribution in [0.5, 0.6) is 0 Å². The van der Waals surface area contributed by atoms with Crippen LogP contribution in [-0.2, 0) is 4.79 Å². The van der Waals surface area contributed by atoms with Gasteiger partial charge in [-0.2, -0.15) is 0 Å². The highest BCUT2D eigenvalue weighted by molar-refractivity contribution is 8.14. The maximum atomic E-state index is 10.8. The Morgan fingerprint density at radius 2 is 2.08 bits per heavy atom. The fourth-order valence-electron chi connectivity index (χ4n) is 1.52. The van der Waals surface area contributed by atoms with E-state index in [1.54, 1.807) is 6.92 Å². The van der Waals surface area contributed by atoms with E-state index in [-0.39, 0.29) is 5.12 Å². The molecule has 0 bridgehead atoms. The molecule has 2 aliphatic rings. The van der Waals surface area contributed by atoms with Gasteiger partial charge in [0.15, 0.2) is 5.12 Å². The molecule has 0 atom stereocenters. The Kier molecular flexibility index (Phi) is 2.60. The van der Waals surface area contributed by atoms with Crippen LogP contribution < -0.4 is 0 Å². The van der Waals surface area contributed by atoms with Crippen LogP contribution in [0.15, 0.2) is 0 Å². The van der Waals surface area contributed by atoms with E-state index in [9.17, 15) is 4.79 Å². The summed E-state index contributed by atoms with van der Waals surface area (Å²) in [6.45, 7) is 3.60. The molecule has 0 aromatic rings. The van der Waals surface area contributed by atoms with E-state index >= 15 is 0 Å². The topological polar surface area (TPSA) is 20.3 Å². The molecule has 1 saturated carbocycles. The lowest BCUT2D eigenvalue weighted by Crippen LogP contribution is -2.52. The second kappa shape index (κ2) is 3.58. The van der Waals surface area contributed by atoms with E-state index in [0.29, 0.717) is 11.2 Å². The van der Waals surface area contributed by atoms with Gasteiger partial charge in [0.1, 0.15) is 0 Å². The highest BCUT2D eigenvalue weighted by Gasteiger charge is 2.36. The average Bonchev–Trinajstić information content (AvgIpc) is 2.75. The highest BCUT2D eigenvalue weighted by Crippen LogP contribution is 2.35. The lowest BCUT2D eigenvalue weighted by atomic mass is 10.2. The number of thiocarbonyl (C=S) groups is 1. The molecule has 2 fully saturated rings. The summed E-state index contributed by atoms with van der Waals surface area (Å²) >= 11 is 6.77. The van der Waals surface area contributed by atoms with E-state index in [0.717, 1.165) is 18.1 Å². The maximum absolute atomic E-state index is 10.8. The molecule has 1 saturated heterocycles. The van der Waals surface area contributed by atoms with E-state index in [1.807, 2.05) is 0 Å². The summed E-state index contributed by atoms with van der Waals surface area (Å²) in [5.41, 5.74) is 0. The molecule has 0 N–H and O–H groups in total. The molecule has 2 nitrogen and oxygen atoms in total. The summed E-state index contributed by atoms with van der Waals surface area (Å²) in [6, 6.07) is 0. The van der Waals surface area contributed by atoms with Crippen molar-refractivity contribution in [2.45, 2.75) is 25.0 Å². The van der Waals surface area contributed by atoms with E-state index < -0.39 is 0 Å². The molecule has 1 heterocycles. The first-order valence-electron chi connectivity index (χ1n) is 4.63. The summed E-state index contributed by atoms with van der Waals surface area (Å²) < 4.78 is 0. The van der Waals surface area contributed by atoms with Crippen molar-refractivity contribution in [3.63, 3.8) is 0 Å². The third kappa shape index (κ3) is 2.23. The van der Waals surface area contributed by atoms with Crippen molar-refractivity contribution in [3.05, 3.63) is 0 Å². The van der Waals surface area contributed by atoms with E-state index in [1.165, 1.54) is 24.6 Å². The van der Waals surface area contributed by atoms with Crippen molar-refractivity contribution in [1.82, 2.24) is 4.90 Å². The lowest BCUT2D eigenvalue weighted by molar-refractivity contribution is -0.109. The van der Waals surface area contributed by atoms with Crippen LogP contribution >= 0.6 is 24.0 Å². The molecule has 0 aromatic carbocycles. The quantitative estimate of drug-likeness (QED) is 0.653. The van der Waals surface area contributed by atoms with Crippen molar-refractivity contribution in [2.24, 2.45) is 5.92 Å². The van der Waals surface area contributed by atoms with Gasteiger partial charge in [0.05, 0.1) is 4.99 Å². The van der Waals surface area contributed by atoms with Crippen LogP contribution in [0.25, 0.3) is 0 Å². The van der Waals surface area contributed by atoms with Crippen LogP contribution in [0.2, 0.25) is 0 Å². The lowest BCUT2D eigenvalue weighted by Gasteiger charge is -2.40. The van der Waals surface area contributed by atoms with Gasteiger partial charge in [-0.1, -0.05) is 24.0 Å². The largest absolute Gasteiger partial charge is 0.364 e. The molecule has 0 radical (unpaired) electrons. The number of carbonyl (C=O) groups is 1. The molecule has 1 aliphatic heterocycles. The smallest absolute Gasteiger partial charge is 0.186 e. The predicted molar refractivity (Wildman–Crippen MR) is 59.0 cm³/mol. The molecular formula is C9H13NOS2. The Bertz CT molecular complexity index is 244. The number of carbonyl (C=O) groups excluding carboxylic acids is 1. The van der Waals surface area contributed by atoms with E-state index in [4.69, 9.17) is 12.2 Å². The Morgan fingerprint density at radius 3 is 2.54 bits per heavy atom. The molecule has 0 unspecified atom stereocenters. The van der Waals surface area contributed by atoms with Gasteiger partial charge in [-0.3, -0.25) is 4.79 Å². The Labute approximate surface area is 88.1 Å². The molecule has 1 aliphatic carbocycles. The zero-order chi connectivity index (χ0) is 9.42. The van der Waals surface area contributed by atoms with Crippen molar-refractivity contribution in [3.8, 4) is 0 Å². The zero-order valence-electron chi connectivity index (χ0n) is 7.66. The summed E-state index contributed by atoms with van der Waals surface area (Å²) in [4.78, 5) is 14.2. The van der Waals surface area contributed by atoms with Crippen LogP contribution in [0.4, 0.5) is 0 Å². The predicted octanol–water partition coefficient (Wildman–Crippen LogP) is 1.69. The molecule has 72 valence electrons. The third-order valence-corrected chi connectivity index (χ3v) is 3.97. The van der Waals surface area contributed by atoms with Gasteiger partial charge in [-0.25, -0.2) is 0 Å². The minimum atomic E-state index is 0.224. The fraction of sp³-hybridized carbons (Fsp3) is 0.778. The first-order valence-corrected chi connectivity index (χ1v) is 5.91. The average molecular weight is 215 g/mol. The van der Waals surface area contributed by atoms with Crippen molar-refractivity contribution in [1.29, 1.82) is 0 Å². The van der Waals surface area contributed by atoms with Gasteiger partial charge in [-0.15, -0.1) is 0 Å². The second-order valence-corrected chi connectivity index (χ2v) is 5.64. The van der Waals surface area contributed by atoms with Gasteiger partial charge in [0.25, 0.3) is 0 Å². The Morgan fingerprint density at radius 1 is 1.46 bits per heavy atom. The molecule has 0 amide bonds. The van der Waals surface area contributed by atoms with Gasteiger partial charge in [-0.05, 0) is 12.8 Å². The Hall–Kier alpha value is -0.0900. The third-order valence-electron chi connectivity index (χ3n) is 2.42. The molecule has 4 heteroatoms. The standard InChI is InChI=1S/C9H13NOS2/c1-6(11)13-8-4-10(5-8)9(12)7-2-3-7/h7-8H,2-5H2,1H3. The molecule has 0 aromatic heterocycles. The minimum Gasteiger partial charge on any atom is -0.364 e. The summed E-state index contributed by atoms with van der Waals surface area (Å²) in [5, 5.41) is 0.719. The SMILES string of the molecule is CC(=O)SC1CN(C(=S)C2CC2)C1. The number of nitrogens with zero attached hydrogens (tertiary/aromatic N) is 1. The minimum absolute atomic E-state index is 0.224. The number of likely N-dealkylation sites (tertiary alicyclic amines) is 1. The number of rotatable bonds is 2. The molecule has 13 heavy (non-hydrogen) atoms. The second-order valence-electron chi connectivity index (χ2n) is 3.75. The maximum Gasteiger partial charge on any atom is 0.186 e. The van der Waals surface area contributed by atoms with Crippen molar-refractivity contribution in [2.75, 3.05) is 13.1 Å². The van der Waals surface area contributed by atoms with Crippen LogP contribution in [-0.4, -0.2) is 33.3 Å². The van der Waals surface area contributed by atoms with Crippen LogP contribution in [0.3, 0.4) is 0 Å². The fourth-order valence-corrected chi connectivity index (χ4v) is 2.88. The van der Waals surface area contributed by atoms with Crippen LogP contribution in [0, 0.1) is 5.92 Å². The number of thioether (sulfide) groups is 1. The highest BCUT2D eigenvalue weighted by atomic mass is 32.2. The monoisotopic (exact) mass is 215 g/mol. The van der Waals surface area contributed by atoms with Crippen molar-refractivity contribution >= 4 is 34.1 Å². The normalized spacial score (nSPS) is 22.7. The number of hydrogen-bond donors (Lipinski definition) is 0. The molecule has 0 spiro atoms. The summed E-state index contributed by atoms with van der Waals surface area (Å²) in [6.07, 6.45) is 2.56. The summed E-state index contributed by atoms with van der Waals surface area (Å²) in [5.74, 6) is 0.693. The van der Waals surface area contributed by atoms with E-state index in [2.05, 4.69) is 4.90 Å². The first kappa shape index (κ1) is 9.46. The summed E-state index contributed by atoms with van der Waals surface area (Å²) in [7, 11) is 0. The molecule has 2 rings (SSSR count). The molecular weight excluding hydrogens is 202 g/mol. The van der Waals surface area contributed by atoms with Gasteiger partial charge >= 0.3 is 0 Å². The van der Waals surface area contributed by atoms with Crippen LogP contribution in [0.1, 0.15) is 19.8 Å². The van der Waals surface area contributed by atoms with Gasteiger partial charge < -0.3 is 4.90 Å². The Balaban J connectivity index is 1.71.